The van der Waals surface area contributed by atoms with Crippen LogP contribution >= 0.6 is 15.9 Å². The minimum atomic E-state index is -0.276. The average molecular weight is 386 g/mol. The van der Waals surface area contributed by atoms with E-state index in [1.807, 2.05) is 31.2 Å². The van der Waals surface area contributed by atoms with E-state index < -0.39 is 0 Å². The minimum Gasteiger partial charge on any atom is -0.324 e. The molecular formula is C18H16BrN3O2. The fraction of sp³-hybridized carbons (Fsp3) is 0.167. The molecular weight excluding hydrogens is 370 g/mol. The summed E-state index contributed by atoms with van der Waals surface area (Å²) in [6, 6.07) is 12.8. The number of anilines is 1. The summed E-state index contributed by atoms with van der Waals surface area (Å²) < 4.78 is 2.19. The first kappa shape index (κ1) is 16.4. The first-order chi connectivity index (χ1) is 11.5. The highest BCUT2D eigenvalue weighted by molar-refractivity contribution is 9.10. The summed E-state index contributed by atoms with van der Waals surface area (Å²) in [6.45, 7) is 3.62. The van der Waals surface area contributed by atoms with Gasteiger partial charge in [0.1, 0.15) is 12.4 Å². The summed E-state index contributed by atoms with van der Waals surface area (Å²) in [6.07, 6.45) is 0. The molecule has 0 saturated heterocycles. The lowest BCUT2D eigenvalue weighted by Gasteiger charge is -2.12. The topological polar surface area (TPSA) is 64.0 Å². The van der Waals surface area contributed by atoms with Gasteiger partial charge in [0.05, 0.1) is 16.6 Å². The van der Waals surface area contributed by atoms with Crippen molar-refractivity contribution in [2.45, 2.75) is 20.4 Å². The second-order valence-electron chi connectivity index (χ2n) is 5.60. The van der Waals surface area contributed by atoms with Gasteiger partial charge in [-0.25, -0.2) is 4.98 Å². The fourth-order valence-electron chi connectivity index (χ4n) is 2.52. The lowest BCUT2D eigenvalue weighted by molar-refractivity contribution is -0.116. The van der Waals surface area contributed by atoms with Crippen molar-refractivity contribution in [1.29, 1.82) is 0 Å². The number of carbonyl (C=O) groups is 1. The van der Waals surface area contributed by atoms with Crippen molar-refractivity contribution in [2.75, 3.05) is 5.32 Å². The third-order valence-electron chi connectivity index (χ3n) is 3.75. The maximum absolute atomic E-state index is 12.6. The number of hydrogen-bond donors (Lipinski definition) is 1. The van der Waals surface area contributed by atoms with Crippen LogP contribution < -0.4 is 10.9 Å². The van der Waals surface area contributed by atoms with Gasteiger partial charge in [-0.15, -0.1) is 0 Å². The molecule has 3 aromatic rings. The van der Waals surface area contributed by atoms with Crippen LogP contribution in [0.1, 0.15) is 11.4 Å². The second kappa shape index (κ2) is 6.57. The number of halogens is 1. The zero-order chi connectivity index (χ0) is 17.3. The van der Waals surface area contributed by atoms with Crippen LogP contribution in [0.2, 0.25) is 0 Å². The van der Waals surface area contributed by atoms with Crippen molar-refractivity contribution in [3.05, 3.63) is 68.7 Å². The van der Waals surface area contributed by atoms with Gasteiger partial charge in [-0.1, -0.05) is 18.2 Å². The summed E-state index contributed by atoms with van der Waals surface area (Å²) in [7, 11) is 0. The van der Waals surface area contributed by atoms with Crippen LogP contribution in [-0.4, -0.2) is 15.5 Å². The Morgan fingerprint density at radius 2 is 1.96 bits per heavy atom. The summed E-state index contributed by atoms with van der Waals surface area (Å²) >= 11 is 3.43. The number of carbonyl (C=O) groups excluding carboxylic acids is 1. The zero-order valence-corrected chi connectivity index (χ0v) is 14.9. The van der Waals surface area contributed by atoms with Gasteiger partial charge in [-0.05, 0) is 59.6 Å². The molecule has 5 nitrogen and oxygen atoms in total. The molecule has 0 saturated carbocycles. The van der Waals surface area contributed by atoms with Gasteiger partial charge in [0.2, 0.25) is 5.91 Å². The molecule has 0 radical (unpaired) electrons. The Labute approximate surface area is 147 Å². The quantitative estimate of drug-likeness (QED) is 0.751. The van der Waals surface area contributed by atoms with Gasteiger partial charge in [0.15, 0.2) is 0 Å². The predicted molar refractivity (Wildman–Crippen MR) is 98.2 cm³/mol. The van der Waals surface area contributed by atoms with Gasteiger partial charge >= 0.3 is 0 Å². The average Bonchev–Trinajstić information content (AvgIpc) is 2.54. The summed E-state index contributed by atoms with van der Waals surface area (Å²) in [4.78, 5) is 29.3. The molecule has 2 aromatic carbocycles. The SMILES string of the molecule is Cc1ccc(NC(=O)Cn2c(C)nc3ccccc3c2=O)c(Br)c1. The molecule has 1 aromatic heterocycles. The van der Waals surface area contributed by atoms with E-state index in [9.17, 15) is 9.59 Å². The molecule has 0 bridgehead atoms. The molecule has 0 aliphatic carbocycles. The number of hydrogen-bond acceptors (Lipinski definition) is 3. The minimum absolute atomic E-state index is 0.0805. The number of aryl methyl sites for hydroxylation is 2. The Bertz CT molecular complexity index is 995. The highest BCUT2D eigenvalue weighted by atomic mass is 79.9. The van der Waals surface area contributed by atoms with Crippen molar-refractivity contribution in [2.24, 2.45) is 0 Å². The Balaban J connectivity index is 1.89. The van der Waals surface area contributed by atoms with E-state index in [-0.39, 0.29) is 18.0 Å². The number of fused-ring (bicyclic) bond motifs is 1. The van der Waals surface area contributed by atoms with Crippen molar-refractivity contribution in [3.63, 3.8) is 0 Å². The lowest BCUT2D eigenvalue weighted by Crippen LogP contribution is -2.30. The third-order valence-corrected chi connectivity index (χ3v) is 4.41. The zero-order valence-electron chi connectivity index (χ0n) is 13.3. The first-order valence-corrected chi connectivity index (χ1v) is 8.27. The van der Waals surface area contributed by atoms with Crippen LogP contribution in [0.25, 0.3) is 10.9 Å². The van der Waals surface area contributed by atoms with Gasteiger partial charge in [-0.3, -0.25) is 14.2 Å². The highest BCUT2D eigenvalue weighted by Gasteiger charge is 2.12. The van der Waals surface area contributed by atoms with Crippen LogP contribution in [0.5, 0.6) is 0 Å². The smallest absolute Gasteiger partial charge is 0.261 e. The van der Waals surface area contributed by atoms with Crippen LogP contribution in [0.15, 0.2) is 51.7 Å². The Morgan fingerprint density at radius 1 is 1.21 bits per heavy atom. The van der Waals surface area contributed by atoms with E-state index in [0.717, 1.165) is 10.0 Å². The second-order valence-corrected chi connectivity index (χ2v) is 6.45. The molecule has 24 heavy (non-hydrogen) atoms. The van der Waals surface area contributed by atoms with Gasteiger partial charge in [0.25, 0.3) is 5.56 Å². The van der Waals surface area contributed by atoms with Crippen molar-refractivity contribution in [3.8, 4) is 0 Å². The number of benzene rings is 2. The summed E-state index contributed by atoms with van der Waals surface area (Å²) in [5.41, 5.74) is 2.19. The van der Waals surface area contributed by atoms with Crippen molar-refractivity contribution < 1.29 is 4.79 Å². The molecule has 1 heterocycles. The molecule has 0 atom stereocenters. The monoisotopic (exact) mass is 385 g/mol. The van der Waals surface area contributed by atoms with Crippen LogP contribution in [0, 0.1) is 13.8 Å². The Hall–Kier alpha value is -2.47. The molecule has 0 spiro atoms. The van der Waals surface area contributed by atoms with E-state index in [1.165, 1.54) is 4.57 Å². The van der Waals surface area contributed by atoms with Crippen LogP contribution in [0.3, 0.4) is 0 Å². The van der Waals surface area contributed by atoms with E-state index in [1.54, 1.807) is 25.1 Å². The highest BCUT2D eigenvalue weighted by Crippen LogP contribution is 2.23. The van der Waals surface area contributed by atoms with Crippen LogP contribution in [-0.2, 0) is 11.3 Å². The van der Waals surface area contributed by atoms with E-state index in [4.69, 9.17) is 0 Å². The number of aromatic nitrogens is 2. The van der Waals surface area contributed by atoms with Crippen LogP contribution in [0.4, 0.5) is 5.69 Å². The van der Waals surface area contributed by atoms with E-state index >= 15 is 0 Å². The molecule has 3 rings (SSSR count). The lowest BCUT2D eigenvalue weighted by atomic mass is 10.2. The van der Waals surface area contributed by atoms with E-state index in [0.29, 0.717) is 22.4 Å². The normalized spacial score (nSPS) is 10.8. The van der Waals surface area contributed by atoms with Gasteiger partial charge in [-0.2, -0.15) is 0 Å². The molecule has 6 heteroatoms. The molecule has 122 valence electrons. The summed E-state index contributed by atoms with van der Waals surface area (Å²) in [5, 5.41) is 3.32. The molecule has 0 aliphatic rings. The summed E-state index contributed by atoms with van der Waals surface area (Å²) in [5.74, 6) is 0.235. The first-order valence-electron chi connectivity index (χ1n) is 7.48. The Kier molecular flexibility index (Phi) is 4.49. The Morgan fingerprint density at radius 3 is 2.71 bits per heavy atom. The molecule has 0 unspecified atom stereocenters. The molecule has 0 aliphatic heterocycles. The predicted octanol–water partition coefficient (Wildman–Crippen LogP) is 3.41. The van der Waals surface area contributed by atoms with E-state index in [2.05, 4.69) is 26.2 Å². The maximum Gasteiger partial charge on any atom is 0.261 e. The standard InChI is InChI=1S/C18H16BrN3O2/c1-11-7-8-16(14(19)9-11)21-17(23)10-22-12(2)20-15-6-4-3-5-13(15)18(22)24/h3-9H,10H2,1-2H3,(H,21,23). The number of para-hydroxylation sites is 1. The third kappa shape index (κ3) is 3.23. The molecule has 0 fully saturated rings. The fourth-order valence-corrected chi connectivity index (χ4v) is 3.11. The van der Waals surface area contributed by atoms with Crippen molar-refractivity contribution >= 4 is 38.4 Å². The van der Waals surface area contributed by atoms with Gasteiger partial charge in [0, 0.05) is 4.47 Å². The molecule has 1 N–H and O–H groups in total. The number of rotatable bonds is 3. The molecule has 1 amide bonds. The number of amides is 1. The number of nitrogens with one attached hydrogen (secondary N) is 1. The maximum atomic E-state index is 12.6. The number of nitrogens with zero attached hydrogens (tertiary/aromatic N) is 2. The van der Waals surface area contributed by atoms with Crippen molar-refractivity contribution in [1.82, 2.24) is 9.55 Å². The van der Waals surface area contributed by atoms with Gasteiger partial charge < -0.3 is 5.32 Å². The largest absolute Gasteiger partial charge is 0.324 e.